The van der Waals surface area contributed by atoms with Gasteiger partial charge in [0.15, 0.2) is 0 Å². The number of hydrogen-bond acceptors (Lipinski definition) is 3. The molecule has 0 saturated carbocycles. The van der Waals surface area contributed by atoms with Crippen LogP contribution < -0.4 is 5.73 Å². The maximum atomic E-state index is 12.0. The molecule has 1 saturated heterocycles. The summed E-state index contributed by atoms with van der Waals surface area (Å²) < 4.78 is 0. The SMILES string of the molecule is CC1C(=O)N(Cc2cccc(C(N)=S)c2)C(=O)C1C. The summed E-state index contributed by atoms with van der Waals surface area (Å²) >= 11 is 4.92. The van der Waals surface area contributed by atoms with E-state index in [0.717, 1.165) is 11.1 Å². The van der Waals surface area contributed by atoms with Gasteiger partial charge in [0, 0.05) is 17.4 Å². The van der Waals surface area contributed by atoms with E-state index in [2.05, 4.69) is 0 Å². The smallest absolute Gasteiger partial charge is 0.233 e. The highest BCUT2D eigenvalue weighted by molar-refractivity contribution is 7.80. The third-order valence-corrected chi connectivity index (χ3v) is 3.85. The van der Waals surface area contributed by atoms with Gasteiger partial charge >= 0.3 is 0 Å². The quantitative estimate of drug-likeness (QED) is 0.670. The lowest BCUT2D eigenvalue weighted by atomic mass is 10.00. The van der Waals surface area contributed by atoms with Crippen molar-refractivity contribution in [2.45, 2.75) is 20.4 Å². The van der Waals surface area contributed by atoms with E-state index in [9.17, 15) is 9.59 Å². The second-order valence-corrected chi connectivity index (χ2v) is 5.34. The molecular weight excluding hydrogens is 260 g/mol. The van der Waals surface area contributed by atoms with Gasteiger partial charge < -0.3 is 5.73 Å². The molecule has 2 atom stereocenters. The Bertz CT molecular complexity index is 536. The molecule has 2 rings (SSSR count). The molecule has 4 nitrogen and oxygen atoms in total. The Kier molecular flexibility index (Phi) is 3.66. The van der Waals surface area contributed by atoms with E-state index in [1.807, 2.05) is 24.3 Å². The number of hydrogen-bond donors (Lipinski definition) is 1. The molecule has 2 amide bonds. The second-order valence-electron chi connectivity index (χ2n) is 4.90. The van der Waals surface area contributed by atoms with Crippen molar-refractivity contribution in [3.63, 3.8) is 0 Å². The number of carbonyl (C=O) groups excluding carboxylic acids is 2. The highest BCUT2D eigenvalue weighted by atomic mass is 32.1. The van der Waals surface area contributed by atoms with Crippen molar-refractivity contribution >= 4 is 29.0 Å². The third-order valence-electron chi connectivity index (χ3n) is 3.61. The first-order chi connectivity index (χ1) is 8.91. The molecule has 0 aliphatic carbocycles. The monoisotopic (exact) mass is 276 g/mol. The van der Waals surface area contributed by atoms with Crippen LogP contribution in [0, 0.1) is 11.8 Å². The lowest BCUT2D eigenvalue weighted by Crippen LogP contribution is -2.30. The molecular formula is C14H16N2O2S. The number of thiocarbonyl (C=S) groups is 1. The van der Waals surface area contributed by atoms with Crippen LogP contribution in [0.3, 0.4) is 0 Å². The Labute approximate surface area is 117 Å². The van der Waals surface area contributed by atoms with Crippen LogP contribution in [0.4, 0.5) is 0 Å². The number of rotatable bonds is 3. The average Bonchev–Trinajstić information content (AvgIpc) is 2.57. The highest BCUT2D eigenvalue weighted by Crippen LogP contribution is 2.26. The van der Waals surface area contributed by atoms with Gasteiger partial charge in [-0.3, -0.25) is 14.5 Å². The van der Waals surface area contributed by atoms with Crippen molar-refractivity contribution in [3.8, 4) is 0 Å². The number of amides is 2. The minimum absolute atomic E-state index is 0.113. The molecule has 2 N–H and O–H groups in total. The molecule has 1 aromatic carbocycles. The van der Waals surface area contributed by atoms with Crippen LogP contribution in [0.1, 0.15) is 25.0 Å². The van der Waals surface area contributed by atoms with Gasteiger partial charge in [-0.15, -0.1) is 0 Å². The predicted molar refractivity (Wildman–Crippen MR) is 76.2 cm³/mol. The predicted octanol–water partition coefficient (Wildman–Crippen LogP) is 1.46. The van der Waals surface area contributed by atoms with Gasteiger partial charge in [-0.05, 0) is 11.6 Å². The van der Waals surface area contributed by atoms with Crippen LogP contribution in [-0.4, -0.2) is 21.7 Å². The van der Waals surface area contributed by atoms with Gasteiger partial charge in [0.2, 0.25) is 11.8 Å². The minimum atomic E-state index is -0.244. The first-order valence-corrected chi connectivity index (χ1v) is 6.56. The Morgan fingerprint density at radius 1 is 1.26 bits per heavy atom. The number of likely N-dealkylation sites (tertiary alicyclic amines) is 1. The first-order valence-electron chi connectivity index (χ1n) is 6.15. The molecule has 1 fully saturated rings. The summed E-state index contributed by atoms with van der Waals surface area (Å²) in [4.78, 5) is 25.6. The fourth-order valence-electron chi connectivity index (χ4n) is 2.19. The van der Waals surface area contributed by atoms with Gasteiger partial charge in [-0.2, -0.15) is 0 Å². The standard InChI is InChI=1S/C14H16N2O2S/c1-8-9(2)14(18)16(13(8)17)7-10-4-3-5-11(6-10)12(15)19/h3-6,8-9H,7H2,1-2H3,(H2,15,19). The largest absolute Gasteiger partial charge is 0.389 e. The fourth-order valence-corrected chi connectivity index (χ4v) is 2.32. The van der Waals surface area contributed by atoms with Gasteiger partial charge in [0.05, 0.1) is 6.54 Å². The summed E-state index contributed by atoms with van der Waals surface area (Å²) in [5.74, 6) is -0.714. The summed E-state index contributed by atoms with van der Waals surface area (Å²) in [6.45, 7) is 3.86. The molecule has 0 spiro atoms. The van der Waals surface area contributed by atoms with Crippen LogP contribution in [0.15, 0.2) is 24.3 Å². The van der Waals surface area contributed by atoms with E-state index in [1.54, 1.807) is 13.8 Å². The van der Waals surface area contributed by atoms with Crippen LogP contribution in [0.2, 0.25) is 0 Å². The number of nitrogens with zero attached hydrogens (tertiary/aromatic N) is 1. The summed E-state index contributed by atoms with van der Waals surface area (Å²) in [7, 11) is 0. The van der Waals surface area contributed by atoms with Crippen molar-refractivity contribution in [3.05, 3.63) is 35.4 Å². The van der Waals surface area contributed by atoms with Crippen molar-refractivity contribution in [1.82, 2.24) is 4.90 Å². The Hall–Kier alpha value is -1.75. The Morgan fingerprint density at radius 3 is 2.37 bits per heavy atom. The highest BCUT2D eigenvalue weighted by Gasteiger charge is 2.41. The van der Waals surface area contributed by atoms with Crippen molar-refractivity contribution in [2.24, 2.45) is 17.6 Å². The number of benzene rings is 1. The maximum absolute atomic E-state index is 12.0. The summed E-state index contributed by atoms with van der Waals surface area (Å²) in [5, 5.41) is 0. The maximum Gasteiger partial charge on any atom is 0.233 e. The zero-order chi connectivity index (χ0) is 14.2. The summed E-state index contributed by atoms with van der Waals surface area (Å²) in [5.41, 5.74) is 7.17. The molecule has 1 aromatic rings. The average molecular weight is 276 g/mol. The minimum Gasteiger partial charge on any atom is -0.389 e. The number of nitrogens with two attached hydrogens (primary N) is 1. The van der Waals surface area contributed by atoms with Crippen LogP contribution >= 0.6 is 12.2 Å². The normalized spacial score (nSPS) is 22.9. The van der Waals surface area contributed by atoms with Crippen LogP contribution in [0.25, 0.3) is 0 Å². The zero-order valence-corrected chi connectivity index (χ0v) is 11.7. The fraction of sp³-hybridized carbons (Fsp3) is 0.357. The van der Waals surface area contributed by atoms with Crippen molar-refractivity contribution in [2.75, 3.05) is 0 Å². The van der Waals surface area contributed by atoms with Gasteiger partial charge in [-0.1, -0.05) is 44.3 Å². The molecule has 100 valence electrons. The zero-order valence-electron chi connectivity index (χ0n) is 10.9. The van der Waals surface area contributed by atoms with Crippen LogP contribution in [0.5, 0.6) is 0 Å². The van der Waals surface area contributed by atoms with Crippen LogP contribution in [-0.2, 0) is 16.1 Å². The van der Waals surface area contributed by atoms with E-state index in [4.69, 9.17) is 18.0 Å². The third kappa shape index (κ3) is 2.51. The van der Waals surface area contributed by atoms with E-state index in [1.165, 1.54) is 4.90 Å². The molecule has 1 heterocycles. The molecule has 19 heavy (non-hydrogen) atoms. The molecule has 1 aliphatic rings. The first kappa shape index (κ1) is 13.7. The lowest BCUT2D eigenvalue weighted by Gasteiger charge is -2.15. The number of carbonyl (C=O) groups is 2. The van der Waals surface area contributed by atoms with Gasteiger partial charge in [0.1, 0.15) is 4.99 Å². The molecule has 2 unspecified atom stereocenters. The summed E-state index contributed by atoms with van der Waals surface area (Å²) in [6.07, 6.45) is 0. The molecule has 1 aliphatic heterocycles. The molecule has 0 radical (unpaired) electrons. The Balaban J connectivity index is 2.22. The Morgan fingerprint density at radius 2 is 1.84 bits per heavy atom. The topological polar surface area (TPSA) is 63.4 Å². The van der Waals surface area contributed by atoms with E-state index in [-0.39, 0.29) is 30.2 Å². The number of imide groups is 1. The second kappa shape index (κ2) is 5.09. The van der Waals surface area contributed by atoms with Gasteiger partial charge in [-0.25, -0.2) is 0 Å². The summed E-state index contributed by atoms with van der Waals surface area (Å²) in [6, 6.07) is 7.30. The van der Waals surface area contributed by atoms with Crippen molar-refractivity contribution in [1.29, 1.82) is 0 Å². The lowest BCUT2D eigenvalue weighted by molar-refractivity contribution is -0.140. The molecule has 0 bridgehead atoms. The molecule has 0 aromatic heterocycles. The van der Waals surface area contributed by atoms with E-state index >= 15 is 0 Å². The van der Waals surface area contributed by atoms with Gasteiger partial charge in [0.25, 0.3) is 0 Å². The van der Waals surface area contributed by atoms with E-state index < -0.39 is 0 Å². The van der Waals surface area contributed by atoms with E-state index in [0.29, 0.717) is 4.99 Å². The molecule has 5 heteroatoms. The van der Waals surface area contributed by atoms with Crippen molar-refractivity contribution < 1.29 is 9.59 Å².